The molecule has 0 aromatic heterocycles. The van der Waals surface area contributed by atoms with Gasteiger partial charge in [0.1, 0.15) is 5.75 Å². The quantitative estimate of drug-likeness (QED) is 0.432. The first-order valence-corrected chi connectivity index (χ1v) is 11.2. The van der Waals surface area contributed by atoms with Crippen LogP contribution in [0.25, 0.3) is 0 Å². The Kier molecular flexibility index (Phi) is 7.61. The fourth-order valence-corrected chi connectivity index (χ4v) is 4.88. The summed E-state index contributed by atoms with van der Waals surface area (Å²) in [7, 11) is 0. The van der Waals surface area contributed by atoms with Gasteiger partial charge in [-0.3, -0.25) is 0 Å². The molecule has 30 heavy (non-hydrogen) atoms. The van der Waals surface area contributed by atoms with Crippen LogP contribution in [0.1, 0.15) is 49.8 Å². The van der Waals surface area contributed by atoms with E-state index in [0.29, 0.717) is 15.2 Å². The summed E-state index contributed by atoms with van der Waals surface area (Å²) in [5.41, 5.74) is 3.02. The molecule has 4 atom stereocenters. The van der Waals surface area contributed by atoms with Crippen molar-refractivity contribution in [2.24, 2.45) is 5.92 Å². The van der Waals surface area contributed by atoms with E-state index < -0.39 is 12.6 Å². The maximum atomic E-state index is 11.1. The van der Waals surface area contributed by atoms with E-state index in [1.807, 2.05) is 43.3 Å². The van der Waals surface area contributed by atoms with E-state index in [1.54, 1.807) is 0 Å². The van der Waals surface area contributed by atoms with Crippen LogP contribution < -0.4 is 4.74 Å². The van der Waals surface area contributed by atoms with Gasteiger partial charge in [-0.15, -0.1) is 0 Å². The van der Waals surface area contributed by atoms with Gasteiger partial charge in [0.2, 0.25) is 0 Å². The molecule has 6 heteroatoms. The Balaban J connectivity index is 1.99. The van der Waals surface area contributed by atoms with E-state index >= 15 is 0 Å². The second-order valence-corrected chi connectivity index (χ2v) is 8.98. The first-order chi connectivity index (χ1) is 14.3. The molecule has 2 aromatic rings. The summed E-state index contributed by atoms with van der Waals surface area (Å²) in [4.78, 5) is 11.1. The monoisotopic (exact) mass is 492 g/mol. The lowest BCUT2D eigenvalue weighted by Gasteiger charge is -2.43. The number of carboxylic acid groups (broad SMARTS) is 1. The number of aliphatic carboxylic acids is 1. The van der Waals surface area contributed by atoms with Crippen molar-refractivity contribution in [1.29, 1.82) is 0 Å². The van der Waals surface area contributed by atoms with Crippen molar-refractivity contribution in [3.63, 3.8) is 0 Å². The lowest BCUT2D eigenvalue weighted by Crippen LogP contribution is -2.36. The van der Waals surface area contributed by atoms with Gasteiger partial charge in [0.25, 0.3) is 0 Å². The molecule has 0 radical (unpaired) electrons. The summed E-state index contributed by atoms with van der Waals surface area (Å²) < 4.78 is 13.0. The molecule has 160 valence electrons. The molecule has 0 amide bonds. The van der Waals surface area contributed by atoms with E-state index in [0.717, 1.165) is 29.5 Å². The Bertz CT molecular complexity index is 929. The van der Waals surface area contributed by atoms with Crippen LogP contribution in [0.4, 0.5) is 0 Å². The Morgan fingerprint density at radius 1 is 1.33 bits per heavy atom. The Morgan fingerprint density at radius 2 is 2.07 bits per heavy atom. The molecular formula is C24H26BrClO4. The van der Waals surface area contributed by atoms with Crippen LogP contribution >= 0.6 is 27.5 Å². The SMILES string of the molecule is C=C(C)[C@H]1C[C@H](c2cccc(Cl)c2)[C@H](CC)O[C@@H]1c1cccc(Br)c1OCC(=O)O. The number of ether oxygens (including phenoxy) is 2. The van der Waals surface area contributed by atoms with Gasteiger partial charge in [-0.2, -0.15) is 0 Å². The van der Waals surface area contributed by atoms with E-state index in [1.165, 1.54) is 0 Å². The van der Waals surface area contributed by atoms with Gasteiger partial charge in [-0.05, 0) is 59.5 Å². The highest BCUT2D eigenvalue weighted by Gasteiger charge is 2.40. The third-order valence-corrected chi connectivity index (χ3v) is 6.46. The summed E-state index contributed by atoms with van der Waals surface area (Å²) in [5, 5.41) is 9.79. The number of carboxylic acids is 1. The third kappa shape index (κ3) is 5.08. The third-order valence-electron chi connectivity index (χ3n) is 5.60. The van der Waals surface area contributed by atoms with Gasteiger partial charge < -0.3 is 14.6 Å². The van der Waals surface area contributed by atoms with E-state index in [-0.39, 0.29) is 24.0 Å². The summed E-state index contributed by atoms with van der Waals surface area (Å²) in [6.07, 6.45) is 1.43. The molecule has 1 fully saturated rings. The van der Waals surface area contributed by atoms with Crippen molar-refractivity contribution in [2.75, 3.05) is 6.61 Å². The molecule has 1 N–H and O–H groups in total. The number of halogens is 2. The molecule has 4 nitrogen and oxygen atoms in total. The van der Waals surface area contributed by atoms with Crippen molar-refractivity contribution in [3.05, 3.63) is 75.2 Å². The van der Waals surface area contributed by atoms with Gasteiger partial charge in [-0.25, -0.2) is 4.79 Å². The maximum absolute atomic E-state index is 11.1. The number of benzene rings is 2. The topological polar surface area (TPSA) is 55.8 Å². The number of carbonyl (C=O) groups is 1. The second kappa shape index (κ2) is 9.99. The van der Waals surface area contributed by atoms with Gasteiger partial charge in [0.15, 0.2) is 6.61 Å². The largest absolute Gasteiger partial charge is 0.480 e. The number of hydrogen-bond donors (Lipinski definition) is 1. The second-order valence-electron chi connectivity index (χ2n) is 7.69. The molecule has 0 aliphatic carbocycles. The zero-order chi connectivity index (χ0) is 21.8. The molecule has 0 spiro atoms. The van der Waals surface area contributed by atoms with Gasteiger partial charge in [-0.1, -0.05) is 54.9 Å². The molecule has 0 bridgehead atoms. The van der Waals surface area contributed by atoms with Crippen molar-refractivity contribution in [3.8, 4) is 5.75 Å². The molecular weight excluding hydrogens is 468 g/mol. The zero-order valence-corrected chi connectivity index (χ0v) is 19.4. The van der Waals surface area contributed by atoms with Crippen LogP contribution in [0.2, 0.25) is 5.02 Å². The standard InChI is InChI=1S/C24H26BrClO4/c1-4-21-19(15-7-5-8-16(26)11-15)12-18(14(2)3)23(30-21)17-9-6-10-20(25)24(17)29-13-22(27)28/h5-11,18-19,21,23H,2,4,12-13H2,1,3H3,(H,27,28)/t18-,19-,21+,23-/m1/s1. The fraction of sp³-hybridized carbons (Fsp3) is 0.375. The fourth-order valence-electron chi connectivity index (χ4n) is 4.18. The van der Waals surface area contributed by atoms with Gasteiger partial charge >= 0.3 is 5.97 Å². The smallest absolute Gasteiger partial charge is 0.341 e. The predicted molar refractivity (Wildman–Crippen MR) is 122 cm³/mol. The summed E-state index contributed by atoms with van der Waals surface area (Å²) in [5.74, 6) is -0.266. The Hall–Kier alpha value is -1.82. The van der Waals surface area contributed by atoms with Crippen LogP contribution in [0, 0.1) is 5.92 Å². The minimum Gasteiger partial charge on any atom is -0.480 e. The molecule has 3 rings (SSSR count). The van der Waals surface area contributed by atoms with Crippen molar-refractivity contribution < 1.29 is 19.4 Å². The number of hydrogen-bond acceptors (Lipinski definition) is 3. The van der Waals surface area contributed by atoms with E-state index in [4.69, 9.17) is 26.2 Å². The molecule has 1 aliphatic heterocycles. The zero-order valence-electron chi connectivity index (χ0n) is 17.1. The van der Waals surface area contributed by atoms with E-state index in [2.05, 4.69) is 35.5 Å². The average molecular weight is 494 g/mol. The molecule has 1 saturated heterocycles. The highest BCUT2D eigenvalue weighted by molar-refractivity contribution is 9.10. The van der Waals surface area contributed by atoms with Crippen molar-refractivity contribution >= 4 is 33.5 Å². The molecule has 1 heterocycles. The minimum atomic E-state index is -1.02. The summed E-state index contributed by atoms with van der Waals surface area (Å²) in [6.45, 7) is 7.94. The maximum Gasteiger partial charge on any atom is 0.341 e. The highest BCUT2D eigenvalue weighted by atomic mass is 79.9. The lowest BCUT2D eigenvalue weighted by molar-refractivity contribution is -0.139. The van der Waals surface area contributed by atoms with Crippen LogP contribution in [0.3, 0.4) is 0 Å². The minimum absolute atomic E-state index is 0.00429. The van der Waals surface area contributed by atoms with Gasteiger partial charge in [0.05, 0.1) is 16.7 Å². The summed E-state index contributed by atoms with van der Waals surface area (Å²) >= 11 is 9.75. The molecule has 0 saturated carbocycles. The van der Waals surface area contributed by atoms with Crippen LogP contribution in [0.5, 0.6) is 5.75 Å². The summed E-state index contributed by atoms with van der Waals surface area (Å²) in [6, 6.07) is 13.6. The van der Waals surface area contributed by atoms with Crippen LogP contribution in [0.15, 0.2) is 59.1 Å². The average Bonchev–Trinajstić information content (AvgIpc) is 2.71. The predicted octanol–water partition coefficient (Wildman–Crippen LogP) is 6.78. The van der Waals surface area contributed by atoms with Gasteiger partial charge in [0, 0.05) is 22.4 Å². The van der Waals surface area contributed by atoms with Crippen LogP contribution in [-0.4, -0.2) is 23.8 Å². The van der Waals surface area contributed by atoms with Crippen LogP contribution in [-0.2, 0) is 9.53 Å². The molecule has 0 unspecified atom stereocenters. The Labute approximate surface area is 191 Å². The number of para-hydroxylation sites is 1. The normalized spacial score (nSPS) is 23.7. The molecule has 2 aromatic carbocycles. The van der Waals surface area contributed by atoms with Crippen molar-refractivity contribution in [2.45, 2.75) is 44.8 Å². The van der Waals surface area contributed by atoms with Crippen molar-refractivity contribution in [1.82, 2.24) is 0 Å². The first kappa shape index (κ1) is 22.9. The first-order valence-electron chi connectivity index (χ1n) is 10.0. The van der Waals surface area contributed by atoms with E-state index in [9.17, 15) is 4.79 Å². The Morgan fingerprint density at radius 3 is 2.70 bits per heavy atom. The highest BCUT2D eigenvalue weighted by Crippen LogP contribution is 2.49. The lowest BCUT2D eigenvalue weighted by atomic mass is 9.75. The number of rotatable bonds is 7. The molecule has 1 aliphatic rings.